The summed E-state index contributed by atoms with van der Waals surface area (Å²) in [6, 6.07) is 10.2. The molecular weight excluding hydrogens is 250 g/mol. The first kappa shape index (κ1) is 13.3. The number of nitrogens with one attached hydrogen (secondary N) is 1. The quantitative estimate of drug-likeness (QED) is 0.902. The molecule has 0 saturated carbocycles. The van der Waals surface area contributed by atoms with E-state index in [9.17, 15) is 0 Å². The topological polar surface area (TPSA) is 46.0 Å². The van der Waals surface area contributed by atoms with Crippen molar-refractivity contribution in [3.63, 3.8) is 0 Å². The number of aromatic nitrogens is 3. The Morgan fingerprint density at radius 3 is 2.65 bits per heavy atom. The molecule has 2 aromatic rings. The Labute approximate surface area is 119 Å². The van der Waals surface area contributed by atoms with E-state index in [0.29, 0.717) is 0 Å². The van der Waals surface area contributed by atoms with Gasteiger partial charge in [-0.15, -0.1) is 0 Å². The van der Waals surface area contributed by atoms with Crippen LogP contribution in [-0.2, 0) is 6.42 Å². The van der Waals surface area contributed by atoms with Gasteiger partial charge in [0.1, 0.15) is 5.82 Å². The second-order valence-electron chi connectivity index (χ2n) is 5.16. The summed E-state index contributed by atoms with van der Waals surface area (Å²) in [5, 5.41) is 8.00. The summed E-state index contributed by atoms with van der Waals surface area (Å²) in [6.07, 6.45) is 0.917. The van der Waals surface area contributed by atoms with Crippen molar-refractivity contribution < 1.29 is 0 Å². The third kappa shape index (κ3) is 3.05. The van der Waals surface area contributed by atoms with E-state index >= 15 is 0 Å². The van der Waals surface area contributed by atoms with Gasteiger partial charge in [0.05, 0.1) is 5.69 Å². The van der Waals surface area contributed by atoms with Crippen molar-refractivity contribution in [2.24, 2.45) is 0 Å². The molecule has 0 bridgehead atoms. The lowest BCUT2D eigenvalue weighted by Gasteiger charge is -2.26. The third-order valence-corrected chi connectivity index (χ3v) is 3.67. The summed E-state index contributed by atoms with van der Waals surface area (Å²) < 4.78 is 1.92. The predicted octanol–water partition coefficient (Wildman–Crippen LogP) is 1.02. The highest BCUT2D eigenvalue weighted by Gasteiger charge is 2.12. The van der Waals surface area contributed by atoms with Crippen LogP contribution >= 0.6 is 0 Å². The monoisotopic (exact) mass is 271 g/mol. The zero-order valence-electron chi connectivity index (χ0n) is 11.9. The van der Waals surface area contributed by atoms with Gasteiger partial charge in [-0.3, -0.25) is 0 Å². The number of piperazine rings is 1. The van der Waals surface area contributed by atoms with Gasteiger partial charge in [0.15, 0.2) is 5.82 Å². The molecule has 0 atom stereocenters. The van der Waals surface area contributed by atoms with Crippen LogP contribution in [0.2, 0.25) is 0 Å². The Balaban J connectivity index is 1.66. The lowest BCUT2D eigenvalue weighted by Crippen LogP contribution is -2.44. The lowest BCUT2D eigenvalue weighted by molar-refractivity contribution is 0.242. The Kier molecular flexibility index (Phi) is 4.08. The van der Waals surface area contributed by atoms with Crippen LogP contribution < -0.4 is 5.32 Å². The molecule has 0 radical (unpaired) electrons. The largest absolute Gasteiger partial charge is 0.314 e. The predicted molar refractivity (Wildman–Crippen MR) is 79.1 cm³/mol. The molecule has 5 heteroatoms. The molecular formula is C15H21N5. The SMILES string of the molecule is Cc1nc(CCN2CCNCC2)nn1-c1ccccc1. The molecule has 20 heavy (non-hydrogen) atoms. The average molecular weight is 271 g/mol. The Morgan fingerprint density at radius 1 is 1.15 bits per heavy atom. The summed E-state index contributed by atoms with van der Waals surface area (Å²) in [5.41, 5.74) is 1.07. The number of rotatable bonds is 4. The van der Waals surface area contributed by atoms with Crippen LogP contribution in [-0.4, -0.2) is 52.4 Å². The van der Waals surface area contributed by atoms with Crippen molar-refractivity contribution in [2.75, 3.05) is 32.7 Å². The molecule has 2 heterocycles. The minimum absolute atomic E-state index is 0.917. The molecule has 0 amide bonds. The molecule has 1 aromatic carbocycles. The smallest absolute Gasteiger partial charge is 0.152 e. The number of benzene rings is 1. The fourth-order valence-electron chi connectivity index (χ4n) is 2.56. The summed E-state index contributed by atoms with van der Waals surface area (Å²) in [6.45, 7) is 7.47. The summed E-state index contributed by atoms with van der Waals surface area (Å²) in [7, 11) is 0. The van der Waals surface area contributed by atoms with Gasteiger partial charge in [-0.25, -0.2) is 9.67 Å². The lowest BCUT2D eigenvalue weighted by atomic mass is 10.3. The highest BCUT2D eigenvalue weighted by molar-refractivity contribution is 5.30. The Bertz CT molecular complexity index is 543. The van der Waals surface area contributed by atoms with Crippen molar-refractivity contribution in [2.45, 2.75) is 13.3 Å². The number of hydrogen-bond donors (Lipinski definition) is 1. The van der Waals surface area contributed by atoms with Crippen LogP contribution in [0, 0.1) is 6.92 Å². The van der Waals surface area contributed by atoms with E-state index in [-0.39, 0.29) is 0 Å². The van der Waals surface area contributed by atoms with E-state index in [1.165, 1.54) is 0 Å². The molecule has 5 nitrogen and oxygen atoms in total. The fraction of sp³-hybridized carbons (Fsp3) is 0.467. The van der Waals surface area contributed by atoms with Gasteiger partial charge in [-0.05, 0) is 19.1 Å². The van der Waals surface area contributed by atoms with E-state index < -0.39 is 0 Å². The molecule has 106 valence electrons. The molecule has 1 aromatic heterocycles. The molecule has 3 rings (SSSR count). The zero-order chi connectivity index (χ0) is 13.8. The number of hydrogen-bond acceptors (Lipinski definition) is 4. The molecule has 0 unspecified atom stereocenters. The molecule has 1 N–H and O–H groups in total. The second-order valence-corrected chi connectivity index (χ2v) is 5.16. The third-order valence-electron chi connectivity index (χ3n) is 3.67. The van der Waals surface area contributed by atoms with Crippen LogP contribution in [0.5, 0.6) is 0 Å². The molecule has 1 saturated heterocycles. The normalized spacial score (nSPS) is 16.4. The first-order valence-corrected chi connectivity index (χ1v) is 7.24. The van der Waals surface area contributed by atoms with Crippen molar-refractivity contribution in [1.82, 2.24) is 25.0 Å². The van der Waals surface area contributed by atoms with Gasteiger partial charge < -0.3 is 10.2 Å². The van der Waals surface area contributed by atoms with Crippen LogP contribution in [0.4, 0.5) is 0 Å². The van der Waals surface area contributed by atoms with Gasteiger partial charge in [-0.2, -0.15) is 5.10 Å². The maximum atomic E-state index is 4.63. The summed E-state index contributed by atoms with van der Waals surface area (Å²) in [4.78, 5) is 7.05. The van der Waals surface area contributed by atoms with Crippen molar-refractivity contribution in [1.29, 1.82) is 0 Å². The van der Waals surface area contributed by atoms with Crippen LogP contribution in [0.1, 0.15) is 11.6 Å². The van der Waals surface area contributed by atoms with Crippen molar-refractivity contribution in [3.8, 4) is 5.69 Å². The van der Waals surface area contributed by atoms with Gasteiger partial charge >= 0.3 is 0 Å². The standard InChI is InChI=1S/C15H21N5/c1-13-17-15(7-10-19-11-8-16-9-12-19)18-20(13)14-5-3-2-4-6-14/h2-6,16H,7-12H2,1H3. The maximum absolute atomic E-state index is 4.63. The zero-order valence-corrected chi connectivity index (χ0v) is 11.9. The minimum Gasteiger partial charge on any atom is -0.314 e. The average Bonchev–Trinajstić information content (AvgIpc) is 2.88. The number of para-hydroxylation sites is 1. The van der Waals surface area contributed by atoms with E-state index in [0.717, 1.165) is 56.5 Å². The molecule has 0 aliphatic carbocycles. The molecule has 1 aliphatic rings. The van der Waals surface area contributed by atoms with E-state index in [2.05, 4.69) is 32.4 Å². The van der Waals surface area contributed by atoms with Gasteiger partial charge in [0.2, 0.25) is 0 Å². The highest BCUT2D eigenvalue weighted by Crippen LogP contribution is 2.09. The molecule has 1 fully saturated rings. The first-order chi connectivity index (χ1) is 9.83. The highest BCUT2D eigenvalue weighted by atomic mass is 15.3. The van der Waals surface area contributed by atoms with Crippen LogP contribution in [0.15, 0.2) is 30.3 Å². The Hall–Kier alpha value is -1.72. The number of nitrogens with zero attached hydrogens (tertiary/aromatic N) is 4. The van der Waals surface area contributed by atoms with Gasteiger partial charge in [0.25, 0.3) is 0 Å². The first-order valence-electron chi connectivity index (χ1n) is 7.24. The van der Waals surface area contributed by atoms with E-state index in [4.69, 9.17) is 0 Å². The van der Waals surface area contributed by atoms with Crippen LogP contribution in [0.25, 0.3) is 5.69 Å². The van der Waals surface area contributed by atoms with Gasteiger partial charge in [-0.1, -0.05) is 18.2 Å². The van der Waals surface area contributed by atoms with E-state index in [1.54, 1.807) is 0 Å². The van der Waals surface area contributed by atoms with E-state index in [1.807, 2.05) is 29.8 Å². The molecule has 0 spiro atoms. The Morgan fingerprint density at radius 2 is 1.90 bits per heavy atom. The maximum Gasteiger partial charge on any atom is 0.152 e. The van der Waals surface area contributed by atoms with Gasteiger partial charge in [0, 0.05) is 39.1 Å². The fourth-order valence-corrected chi connectivity index (χ4v) is 2.56. The van der Waals surface area contributed by atoms with Crippen molar-refractivity contribution >= 4 is 0 Å². The summed E-state index contributed by atoms with van der Waals surface area (Å²) >= 11 is 0. The minimum atomic E-state index is 0.917. The summed E-state index contributed by atoms with van der Waals surface area (Å²) in [5.74, 6) is 1.89. The van der Waals surface area contributed by atoms with Crippen LogP contribution in [0.3, 0.4) is 0 Å². The second kappa shape index (κ2) is 6.15. The number of aryl methyl sites for hydroxylation is 1. The molecule has 1 aliphatic heterocycles. The van der Waals surface area contributed by atoms with Crippen molar-refractivity contribution in [3.05, 3.63) is 42.0 Å².